The number of halogens is 3. The van der Waals surface area contributed by atoms with E-state index in [0.29, 0.717) is 0 Å². The first-order valence-electron chi connectivity index (χ1n) is 8.64. The quantitative estimate of drug-likeness (QED) is 0.666. The third-order valence-corrected chi connectivity index (χ3v) is 4.08. The predicted molar refractivity (Wildman–Crippen MR) is 99.2 cm³/mol. The van der Waals surface area contributed by atoms with Gasteiger partial charge in [-0.1, -0.05) is 12.1 Å². The first-order valence-corrected chi connectivity index (χ1v) is 8.64. The topological polar surface area (TPSA) is 76.0 Å². The Balaban J connectivity index is 1.45. The van der Waals surface area contributed by atoms with Crippen LogP contribution in [0.4, 0.5) is 13.2 Å². The number of nitrogens with one attached hydrogen (secondary N) is 2. The zero-order chi connectivity index (χ0) is 20.9. The van der Waals surface area contributed by atoms with Crippen molar-refractivity contribution in [3.8, 4) is 5.69 Å². The molecule has 0 saturated heterocycles. The number of carbonyl (C=O) groups excluding carboxylic acids is 2. The van der Waals surface area contributed by atoms with E-state index in [2.05, 4.69) is 15.7 Å². The summed E-state index contributed by atoms with van der Waals surface area (Å²) in [7, 11) is 0. The van der Waals surface area contributed by atoms with Gasteiger partial charge in [-0.05, 0) is 48.0 Å². The lowest BCUT2D eigenvalue weighted by molar-refractivity contribution is -0.137. The highest BCUT2D eigenvalue weighted by Crippen LogP contribution is 2.29. The molecule has 150 valence electrons. The second-order valence-electron chi connectivity index (χ2n) is 6.15. The number of alkyl halides is 3. The van der Waals surface area contributed by atoms with Crippen LogP contribution in [0.3, 0.4) is 0 Å². The van der Waals surface area contributed by atoms with Gasteiger partial charge in [0.2, 0.25) is 5.91 Å². The van der Waals surface area contributed by atoms with E-state index in [1.54, 1.807) is 10.9 Å². The van der Waals surface area contributed by atoms with Crippen LogP contribution in [0.15, 0.2) is 67.0 Å². The summed E-state index contributed by atoms with van der Waals surface area (Å²) in [6.45, 7) is -0.0143. The summed E-state index contributed by atoms with van der Waals surface area (Å²) in [5, 5.41) is 9.17. The Bertz CT molecular complexity index is 966. The van der Waals surface area contributed by atoms with Crippen molar-refractivity contribution >= 4 is 11.8 Å². The van der Waals surface area contributed by atoms with Gasteiger partial charge in [0.15, 0.2) is 0 Å². The Morgan fingerprint density at radius 2 is 1.66 bits per heavy atom. The Morgan fingerprint density at radius 1 is 0.966 bits per heavy atom. The molecule has 3 rings (SSSR count). The van der Waals surface area contributed by atoms with Crippen LogP contribution in [0.25, 0.3) is 5.69 Å². The van der Waals surface area contributed by atoms with Gasteiger partial charge in [-0.3, -0.25) is 9.59 Å². The minimum atomic E-state index is -4.47. The number of rotatable bonds is 6. The van der Waals surface area contributed by atoms with Crippen molar-refractivity contribution in [3.05, 3.63) is 83.7 Å². The zero-order valence-corrected chi connectivity index (χ0v) is 15.1. The van der Waals surface area contributed by atoms with E-state index in [4.69, 9.17) is 0 Å². The number of hydrogen-bond donors (Lipinski definition) is 2. The van der Waals surface area contributed by atoms with Gasteiger partial charge in [0.05, 0.1) is 17.8 Å². The minimum Gasteiger partial charge on any atom is -0.350 e. The molecule has 0 aliphatic rings. The van der Waals surface area contributed by atoms with Crippen LogP contribution in [0, 0.1) is 0 Å². The average molecular weight is 402 g/mol. The third-order valence-electron chi connectivity index (χ3n) is 4.08. The molecule has 0 saturated carbocycles. The Kier molecular flexibility index (Phi) is 5.96. The van der Waals surface area contributed by atoms with Crippen molar-refractivity contribution in [3.63, 3.8) is 0 Å². The molecule has 29 heavy (non-hydrogen) atoms. The van der Waals surface area contributed by atoms with E-state index >= 15 is 0 Å². The fourth-order valence-corrected chi connectivity index (χ4v) is 2.52. The van der Waals surface area contributed by atoms with E-state index < -0.39 is 23.6 Å². The van der Waals surface area contributed by atoms with Crippen molar-refractivity contribution in [1.82, 2.24) is 20.4 Å². The summed E-state index contributed by atoms with van der Waals surface area (Å²) < 4.78 is 39.3. The fraction of sp³-hybridized carbons (Fsp3) is 0.150. The van der Waals surface area contributed by atoms with Crippen molar-refractivity contribution in [2.45, 2.75) is 12.7 Å². The van der Waals surface area contributed by atoms with Gasteiger partial charge < -0.3 is 10.6 Å². The highest BCUT2D eigenvalue weighted by molar-refractivity contribution is 5.96. The maximum Gasteiger partial charge on any atom is 0.416 e. The molecule has 2 aromatic carbocycles. The maximum atomic E-state index is 12.5. The number of benzene rings is 2. The number of nitrogens with zero attached hydrogens (tertiary/aromatic N) is 2. The maximum absolute atomic E-state index is 12.5. The van der Waals surface area contributed by atoms with Crippen LogP contribution in [0.2, 0.25) is 0 Å². The van der Waals surface area contributed by atoms with E-state index in [9.17, 15) is 22.8 Å². The molecule has 0 aliphatic heterocycles. The highest BCUT2D eigenvalue weighted by atomic mass is 19.4. The molecule has 0 unspecified atom stereocenters. The van der Waals surface area contributed by atoms with E-state index in [1.807, 2.05) is 36.5 Å². The lowest BCUT2D eigenvalue weighted by Crippen LogP contribution is -2.36. The number of hydrogen-bond acceptors (Lipinski definition) is 3. The Labute approximate surface area is 164 Å². The number of carbonyl (C=O) groups is 2. The number of amides is 2. The largest absolute Gasteiger partial charge is 0.416 e. The molecule has 9 heteroatoms. The number of aromatic nitrogens is 2. The lowest BCUT2D eigenvalue weighted by atomic mass is 10.1. The molecule has 0 fully saturated rings. The van der Waals surface area contributed by atoms with Crippen LogP contribution < -0.4 is 10.6 Å². The van der Waals surface area contributed by atoms with Gasteiger partial charge in [-0.2, -0.15) is 18.3 Å². The molecule has 2 amide bonds. The van der Waals surface area contributed by atoms with Crippen LogP contribution in [-0.2, 0) is 17.5 Å². The second kappa shape index (κ2) is 8.59. The molecule has 0 spiro atoms. The summed E-state index contributed by atoms with van der Waals surface area (Å²) in [6, 6.07) is 13.0. The van der Waals surface area contributed by atoms with Gasteiger partial charge >= 0.3 is 6.18 Å². The minimum absolute atomic E-state index is 0.0417. The average Bonchev–Trinajstić information content (AvgIpc) is 3.25. The van der Waals surface area contributed by atoms with Crippen molar-refractivity contribution in [2.24, 2.45) is 0 Å². The molecule has 1 aromatic heterocycles. The van der Waals surface area contributed by atoms with E-state index in [0.717, 1.165) is 35.5 Å². The predicted octanol–water partition coefficient (Wildman–Crippen LogP) is 2.94. The summed E-state index contributed by atoms with van der Waals surface area (Å²) in [5.41, 5.74) is 0.947. The molecule has 0 atom stereocenters. The van der Waals surface area contributed by atoms with Gasteiger partial charge in [0.1, 0.15) is 0 Å². The highest BCUT2D eigenvalue weighted by Gasteiger charge is 2.30. The zero-order valence-electron chi connectivity index (χ0n) is 15.1. The van der Waals surface area contributed by atoms with Crippen LogP contribution >= 0.6 is 0 Å². The van der Waals surface area contributed by atoms with Crippen molar-refractivity contribution in [2.75, 3.05) is 6.54 Å². The Hall–Kier alpha value is -3.62. The second-order valence-corrected chi connectivity index (χ2v) is 6.15. The SMILES string of the molecule is O=C(CNC(=O)c1ccc(C(F)(F)F)cc1)NCc1ccc(-n2cccn2)cc1. The molecule has 6 nitrogen and oxygen atoms in total. The lowest BCUT2D eigenvalue weighted by Gasteiger charge is -2.09. The summed E-state index contributed by atoms with van der Waals surface area (Å²) in [6.07, 6.45) is -0.977. The monoisotopic (exact) mass is 402 g/mol. The van der Waals surface area contributed by atoms with Crippen LogP contribution in [0.1, 0.15) is 21.5 Å². The fourth-order valence-electron chi connectivity index (χ4n) is 2.52. The van der Waals surface area contributed by atoms with Crippen LogP contribution in [-0.4, -0.2) is 28.1 Å². The summed E-state index contributed by atoms with van der Waals surface area (Å²) in [5.74, 6) is -1.04. The van der Waals surface area contributed by atoms with E-state index in [1.165, 1.54) is 0 Å². The van der Waals surface area contributed by atoms with Crippen molar-refractivity contribution in [1.29, 1.82) is 0 Å². The van der Waals surface area contributed by atoms with Gasteiger partial charge in [0, 0.05) is 24.5 Å². The van der Waals surface area contributed by atoms with Crippen LogP contribution in [0.5, 0.6) is 0 Å². The summed E-state index contributed by atoms with van der Waals surface area (Å²) >= 11 is 0. The van der Waals surface area contributed by atoms with Gasteiger partial charge in [-0.25, -0.2) is 4.68 Å². The molecular formula is C20H17F3N4O2. The standard InChI is InChI=1S/C20H17F3N4O2/c21-20(22,23)16-6-4-15(5-7-16)19(29)25-13-18(28)24-12-14-2-8-17(9-3-14)27-11-1-10-26-27/h1-11H,12-13H2,(H,24,28)(H,25,29). The smallest absolute Gasteiger partial charge is 0.350 e. The molecule has 3 aromatic rings. The normalized spacial score (nSPS) is 11.1. The molecular weight excluding hydrogens is 385 g/mol. The van der Waals surface area contributed by atoms with Gasteiger partial charge in [0.25, 0.3) is 5.91 Å². The van der Waals surface area contributed by atoms with Crippen molar-refractivity contribution < 1.29 is 22.8 Å². The molecule has 1 heterocycles. The molecule has 0 bridgehead atoms. The molecule has 2 N–H and O–H groups in total. The van der Waals surface area contributed by atoms with E-state index in [-0.39, 0.29) is 18.7 Å². The first kappa shape index (κ1) is 20.1. The molecule has 0 radical (unpaired) electrons. The third kappa shape index (κ3) is 5.44. The Morgan fingerprint density at radius 3 is 2.24 bits per heavy atom. The summed E-state index contributed by atoms with van der Waals surface area (Å²) in [4.78, 5) is 23.9. The molecule has 0 aliphatic carbocycles. The van der Waals surface area contributed by atoms with Gasteiger partial charge in [-0.15, -0.1) is 0 Å². The first-order chi connectivity index (χ1) is 13.8.